The van der Waals surface area contributed by atoms with Crippen molar-refractivity contribution in [1.29, 1.82) is 0 Å². The number of aromatic carboxylic acids is 1. The summed E-state index contributed by atoms with van der Waals surface area (Å²) >= 11 is 1.36. The fourth-order valence-corrected chi connectivity index (χ4v) is 2.80. The molecule has 0 amide bonds. The number of likely N-dealkylation sites (tertiary alicyclic amines) is 1. The maximum Gasteiger partial charge on any atom is 0.355 e. The maximum atomic E-state index is 10.7. The Hall–Kier alpha value is -1.14. The van der Waals surface area contributed by atoms with Crippen LogP contribution >= 0.6 is 11.3 Å². The second-order valence-corrected chi connectivity index (χ2v) is 5.40. The SMILES string of the molecule is CC1CC(Nc2nc(C(=O)O)cs2)CCN1C. The van der Waals surface area contributed by atoms with Crippen LogP contribution in [0.25, 0.3) is 0 Å². The van der Waals surface area contributed by atoms with Crippen LogP contribution in [0.3, 0.4) is 0 Å². The smallest absolute Gasteiger partial charge is 0.355 e. The number of anilines is 1. The third kappa shape index (κ3) is 2.95. The molecule has 1 saturated heterocycles. The Labute approximate surface area is 104 Å². The average Bonchev–Trinajstić information content (AvgIpc) is 2.72. The van der Waals surface area contributed by atoms with Crippen molar-refractivity contribution in [3.8, 4) is 0 Å². The topological polar surface area (TPSA) is 65.5 Å². The summed E-state index contributed by atoms with van der Waals surface area (Å²) in [4.78, 5) is 17.1. The predicted octanol–water partition coefficient (Wildman–Crippen LogP) is 1.74. The van der Waals surface area contributed by atoms with Crippen LogP contribution in [0.15, 0.2) is 5.38 Å². The molecule has 94 valence electrons. The number of nitrogens with one attached hydrogen (secondary N) is 1. The van der Waals surface area contributed by atoms with E-state index in [4.69, 9.17) is 5.11 Å². The molecule has 0 aliphatic carbocycles. The van der Waals surface area contributed by atoms with Gasteiger partial charge in [-0.05, 0) is 26.8 Å². The first-order valence-electron chi connectivity index (χ1n) is 5.72. The van der Waals surface area contributed by atoms with Gasteiger partial charge in [-0.1, -0.05) is 0 Å². The molecule has 1 aliphatic rings. The molecule has 0 aromatic carbocycles. The Morgan fingerprint density at radius 1 is 1.71 bits per heavy atom. The highest BCUT2D eigenvalue weighted by Crippen LogP contribution is 2.22. The molecule has 1 aromatic heterocycles. The molecule has 0 saturated carbocycles. The summed E-state index contributed by atoms with van der Waals surface area (Å²) in [5.74, 6) is -0.967. The van der Waals surface area contributed by atoms with Crippen molar-refractivity contribution in [1.82, 2.24) is 9.88 Å². The first-order chi connectivity index (χ1) is 8.06. The lowest BCUT2D eigenvalue weighted by Crippen LogP contribution is -2.42. The van der Waals surface area contributed by atoms with Gasteiger partial charge in [0.2, 0.25) is 0 Å². The zero-order chi connectivity index (χ0) is 12.4. The number of hydrogen-bond donors (Lipinski definition) is 2. The molecule has 6 heteroatoms. The summed E-state index contributed by atoms with van der Waals surface area (Å²) in [6.45, 7) is 3.27. The van der Waals surface area contributed by atoms with E-state index in [0.717, 1.165) is 19.4 Å². The van der Waals surface area contributed by atoms with E-state index in [1.54, 1.807) is 5.38 Å². The molecule has 0 radical (unpaired) electrons. The molecule has 1 aromatic rings. The Morgan fingerprint density at radius 3 is 3.06 bits per heavy atom. The van der Waals surface area contributed by atoms with Crippen molar-refractivity contribution < 1.29 is 9.90 Å². The quantitative estimate of drug-likeness (QED) is 0.861. The fourth-order valence-electron chi connectivity index (χ4n) is 2.03. The number of carbonyl (C=O) groups is 1. The number of thiazole rings is 1. The molecule has 0 spiro atoms. The number of carboxylic acid groups (broad SMARTS) is 1. The van der Waals surface area contributed by atoms with E-state index in [1.165, 1.54) is 11.3 Å². The number of piperidine rings is 1. The van der Waals surface area contributed by atoms with E-state index in [0.29, 0.717) is 17.2 Å². The highest BCUT2D eigenvalue weighted by molar-refractivity contribution is 7.13. The van der Waals surface area contributed by atoms with E-state index in [9.17, 15) is 4.79 Å². The second-order valence-electron chi connectivity index (χ2n) is 4.54. The Kier molecular flexibility index (Phi) is 3.63. The number of hydrogen-bond acceptors (Lipinski definition) is 5. The zero-order valence-electron chi connectivity index (χ0n) is 10.0. The molecule has 1 fully saturated rings. The van der Waals surface area contributed by atoms with Crippen molar-refractivity contribution in [2.75, 3.05) is 18.9 Å². The van der Waals surface area contributed by atoms with Gasteiger partial charge in [-0.15, -0.1) is 11.3 Å². The molecule has 2 heterocycles. The van der Waals surface area contributed by atoms with Crippen molar-refractivity contribution in [3.05, 3.63) is 11.1 Å². The molecule has 2 unspecified atom stereocenters. The largest absolute Gasteiger partial charge is 0.476 e. The molecule has 1 aliphatic heterocycles. The molecular weight excluding hydrogens is 238 g/mol. The molecule has 2 N–H and O–H groups in total. The lowest BCUT2D eigenvalue weighted by atomic mass is 9.99. The summed E-state index contributed by atoms with van der Waals surface area (Å²) in [5.41, 5.74) is 0.124. The molecule has 17 heavy (non-hydrogen) atoms. The van der Waals surface area contributed by atoms with E-state index < -0.39 is 5.97 Å². The minimum atomic E-state index is -0.967. The molecule has 2 atom stereocenters. The molecular formula is C11H17N3O2S. The van der Waals surface area contributed by atoms with E-state index in [1.807, 2.05) is 0 Å². The lowest BCUT2D eigenvalue weighted by Gasteiger charge is -2.35. The summed E-state index contributed by atoms with van der Waals surface area (Å²) in [6.07, 6.45) is 2.14. The molecule has 2 rings (SSSR count). The Balaban J connectivity index is 1.94. The van der Waals surface area contributed by atoms with Gasteiger partial charge in [0.25, 0.3) is 0 Å². The van der Waals surface area contributed by atoms with Crippen LogP contribution in [-0.2, 0) is 0 Å². The Bertz CT molecular complexity index is 407. The highest BCUT2D eigenvalue weighted by atomic mass is 32.1. The van der Waals surface area contributed by atoms with Gasteiger partial charge in [0, 0.05) is 24.0 Å². The van der Waals surface area contributed by atoms with Gasteiger partial charge >= 0.3 is 5.97 Å². The van der Waals surface area contributed by atoms with Gasteiger partial charge in [-0.3, -0.25) is 0 Å². The van der Waals surface area contributed by atoms with Crippen LogP contribution in [0.1, 0.15) is 30.3 Å². The normalized spacial score (nSPS) is 25.8. The summed E-state index contributed by atoms with van der Waals surface area (Å²) < 4.78 is 0. The first kappa shape index (κ1) is 12.3. The van der Waals surface area contributed by atoms with Gasteiger partial charge < -0.3 is 15.3 Å². The molecule has 5 nitrogen and oxygen atoms in total. The van der Waals surface area contributed by atoms with E-state index >= 15 is 0 Å². The van der Waals surface area contributed by atoms with Gasteiger partial charge in [0.05, 0.1) is 0 Å². The summed E-state index contributed by atoms with van der Waals surface area (Å²) in [6, 6.07) is 0.953. The van der Waals surface area contributed by atoms with E-state index in [-0.39, 0.29) is 5.69 Å². The van der Waals surface area contributed by atoms with Crippen molar-refractivity contribution in [2.24, 2.45) is 0 Å². The number of aromatic nitrogens is 1. The minimum Gasteiger partial charge on any atom is -0.476 e. The molecule has 0 bridgehead atoms. The lowest BCUT2D eigenvalue weighted by molar-refractivity contribution is 0.0691. The standard InChI is InChI=1S/C11H17N3O2S/c1-7-5-8(3-4-14(7)2)12-11-13-9(6-17-11)10(15)16/h6-8H,3-5H2,1-2H3,(H,12,13)(H,15,16). The third-order valence-corrected chi connectivity index (χ3v) is 4.03. The third-order valence-electron chi connectivity index (χ3n) is 3.26. The predicted molar refractivity (Wildman–Crippen MR) is 67.8 cm³/mol. The van der Waals surface area contributed by atoms with Crippen LogP contribution in [0.4, 0.5) is 5.13 Å². The van der Waals surface area contributed by atoms with E-state index in [2.05, 4.69) is 29.2 Å². The van der Waals surface area contributed by atoms with Gasteiger partial charge in [-0.2, -0.15) is 0 Å². The highest BCUT2D eigenvalue weighted by Gasteiger charge is 2.23. The summed E-state index contributed by atoms with van der Waals surface area (Å²) in [7, 11) is 2.13. The van der Waals surface area contributed by atoms with Gasteiger partial charge in [-0.25, -0.2) is 9.78 Å². The minimum absolute atomic E-state index is 0.124. The van der Waals surface area contributed by atoms with Crippen LogP contribution < -0.4 is 5.32 Å². The number of nitrogens with zero attached hydrogens (tertiary/aromatic N) is 2. The van der Waals surface area contributed by atoms with Crippen LogP contribution in [0, 0.1) is 0 Å². The Morgan fingerprint density at radius 2 is 2.47 bits per heavy atom. The van der Waals surface area contributed by atoms with Crippen molar-refractivity contribution >= 4 is 22.4 Å². The fraction of sp³-hybridized carbons (Fsp3) is 0.636. The van der Waals surface area contributed by atoms with Crippen molar-refractivity contribution in [2.45, 2.75) is 31.8 Å². The first-order valence-corrected chi connectivity index (χ1v) is 6.60. The average molecular weight is 255 g/mol. The van der Waals surface area contributed by atoms with Crippen molar-refractivity contribution in [3.63, 3.8) is 0 Å². The van der Waals surface area contributed by atoms with Crippen LogP contribution in [0.5, 0.6) is 0 Å². The monoisotopic (exact) mass is 255 g/mol. The second kappa shape index (κ2) is 5.01. The van der Waals surface area contributed by atoms with Crippen LogP contribution in [0.2, 0.25) is 0 Å². The number of rotatable bonds is 3. The zero-order valence-corrected chi connectivity index (χ0v) is 10.8. The number of carboxylic acids is 1. The van der Waals surface area contributed by atoms with Gasteiger partial charge in [0.1, 0.15) is 0 Å². The van der Waals surface area contributed by atoms with Gasteiger partial charge in [0.15, 0.2) is 10.8 Å². The van der Waals surface area contributed by atoms with Crippen LogP contribution in [-0.4, -0.2) is 46.6 Å². The maximum absolute atomic E-state index is 10.7. The summed E-state index contributed by atoms with van der Waals surface area (Å²) in [5, 5.41) is 14.4.